The molecule has 4 heteroatoms. The van der Waals surface area contributed by atoms with Gasteiger partial charge >= 0.3 is 0 Å². The van der Waals surface area contributed by atoms with Crippen LogP contribution in [0.1, 0.15) is 19.8 Å². The molecule has 0 aromatic carbocycles. The normalized spacial score (nSPS) is 23.6. The lowest BCUT2D eigenvalue weighted by atomic mass is 9.82. The third kappa shape index (κ3) is 2.85. The molecule has 1 aromatic heterocycles. The Hall–Kier alpha value is -1.29. The zero-order valence-corrected chi connectivity index (χ0v) is 9.61. The Bertz CT molecular complexity index is 337. The summed E-state index contributed by atoms with van der Waals surface area (Å²) in [6.07, 6.45) is 3.59. The second-order valence-corrected chi connectivity index (χ2v) is 4.33. The Kier molecular flexibility index (Phi) is 3.62. The molecule has 3 N–H and O–H groups in total. The molecular formula is C12H19N3O. The van der Waals surface area contributed by atoms with Gasteiger partial charge in [0.1, 0.15) is 5.82 Å². The van der Waals surface area contributed by atoms with E-state index < -0.39 is 0 Å². The zero-order valence-electron chi connectivity index (χ0n) is 9.61. The number of hydrogen-bond acceptors (Lipinski definition) is 4. The predicted molar refractivity (Wildman–Crippen MR) is 65.6 cm³/mol. The van der Waals surface area contributed by atoms with Crippen LogP contribution in [0, 0.1) is 5.92 Å². The number of anilines is 2. The fraction of sp³-hybridized carbons (Fsp3) is 0.583. The van der Waals surface area contributed by atoms with Gasteiger partial charge in [-0.1, -0.05) is 0 Å². The summed E-state index contributed by atoms with van der Waals surface area (Å²) in [5.41, 5.74) is 1.09. The van der Waals surface area contributed by atoms with Gasteiger partial charge in [-0.05, 0) is 31.7 Å². The first kappa shape index (κ1) is 11.2. The Balaban J connectivity index is 1.81. The van der Waals surface area contributed by atoms with E-state index in [9.17, 15) is 5.11 Å². The van der Waals surface area contributed by atoms with Crippen LogP contribution in [0.15, 0.2) is 18.3 Å². The molecular weight excluding hydrogens is 202 g/mol. The molecule has 16 heavy (non-hydrogen) atoms. The highest BCUT2D eigenvalue weighted by Gasteiger charge is 2.26. The summed E-state index contributed by atoms with van der Waals surface area (Å²) >= 11 is 0. The third-order valence-corrected chi connectivity index (χ3v) is 2.92. The minimum Gasteiger partial charge on any atom is -0.393 e. The quantitative estimate of drug-likeness (QED) is 0.708. The Morgan fingerprint density at radius 2 is 2.25 bits per heavy atom. The van der Waals surface area contributed by atoms with Gasteiger partial charge in [-0.3, -0.25) is 0 Å². The van der Waals surface area contributed by atoms with E-state index in [4.69, 9.17) is 0 Å². The molecule has 0 bridgehead atoms. The van der Waals surface area contributed by atoms with E-state index in [1.165, 1.54) is 0 Å². The number of hydrogen-bond donors (Lipinski definition) is 3. The molecule has 2 rings (SSSR count). The average Bonchev–Trinajstić information content (AvgIpc) is 2.24. The molecule has 0 amide bonds. The summed E-state index contributed by atoms with van der Waals surface area (Å²) < 4.78 is 0. The van der Waals surface area contributed by atoms with Gasteiger partial charge in [0, 0.05) is 31.0 Å². The predicted octanol–water partition coefficient (Wildman–Crippen LogP) is 1.70. The van der Waals surface area contributed by atoms with E-state index in [-0.39, 0.29) is 6.10 Å². The zero-order chi connectivity index (χ0) is 11.4. The van der Waals surface area contributed by atoms with Crippen LogP contribution in [-0.4, -0.2) is 29.3 Å². The van der Waals surface area contributed by atoms with Crippen molar-refractivity contribution in [2.75, 3.05) is 23.7 Å². The standard InChI is InChI=1S/C12H19N3O/c1-2-13-12-7-10(3-4-14-12)15-8-9-5-11(16)6-9/h3-4,7,9,11,16H,2,5-6,8H2,1H3,(H2,13,14,15). The van der Waals surface area contributed by atoms with Crippen molar-refractivity contribution in [3.05, 3.63) is 18.3 Å². The van der Waals surface area contributed by atoms with Gasteiger partial charge in [0.15, 0.2) is 0 Å². The number of pyridine rings is 1. The summed E-state index contributed by atoms with van der Waals surface area (Å²) in [7, 11) is 0. The Labute approximate surface area is 96.1 Å². The lowest BCUT2D eigenvalue weighted by molar-refractivity contribution is 0.0487. The maximum Gasteiger partial charge on any atom is 0.127 e. The van der Waals surface area contributed by atoms with E-state index in [0.717, 1.165) is 37.4 Å². The van der Waals surface area contributed by atoms with Gasteiger partial charge in [0.25, 0.3) is 0 Å². The van der Waals surface area contributed by atoms with Crippen LogP contribution in [-0.2, 0) is 0 Å². The molecule has 0 aliphatic heterocycles. The summed E-state index contributed by atoms with van der Waals surface area (Å²) in [5, 5.41) is 15.7. The van der Waals surface area contributed by atoms with Crippen LogP contribution in [0.4, 0.5) is 11.5 Å². The summed E-state index contributed by atoms with van der Waals surface area (Å²) in [6.45, 7) is 3.87. The summed E-state index contributed by atoms with van der Waals surface area (Å²) in [5.74, 6) is 1.52. The molecule has 0 spiro atoms. The average molecular weight is 221 g/mol. The van der Waals surface area contributed by atoms with Crippen LogP contribution in [0.5, 0.6) is 0 Å². The number of rotatable bonds is 5. The van der Waals surface area contributed by atoms with Gasteiger partial charge in [0.2, 0.25) is 0 Å². The SMILES string of the molecule is CCNc1cc(NCC2CC(O)C2)ccn1. The lowest BCUT2D eigenvalue weighted by Crippen LogP contribution is -2.33. The molecule has 1 heterocycles. The number of nitrogens with one attached hydrogen (secondary N) is 2. The van der Waals surface area contributed by atoms with Crippen molar-refractivity contribution in [1.29, 1.82) is 0 Å². The number of aliphatic hydroxyl groups is 1. The highest BCUT2D eigenvalue weighted by atomic mass is 16.3. The van der Waals surface area contributed by atoms with E-state index in [0.29, 0.717) is 5.92 Å². The number of aromatic nitrogens is 1. The number of aliphatic hydroxyl groups excluding tert-OH is 1. The third-order valence-electron chi connectivity index (χ3n) is 2.92. The minimum atomic E-state index is -0.0680. The van der Waals surface area contributed by atoms with E-state index in [1.54, 1.807) is 6.20 Å². The first-order valence-electron chi connectivity index (χ1n) is 5.89. The molecule has 0 radical (unpaired) electrons. The lowest BCUT2D eigenvalue weighted by Gasteiger charge is -2.31. The molecule has 1 saturated carbocycles. The van der Waals surface area contributed by atoms with Crippen molar-refractivity contribution in [3.8, 4) is 0 Å². The maximum atomic E-state index is 9.18. The van der Waals surface area contributed by atoms with Crippen LogP contribution in [0.25, 0.3) is 0 Å². The largest absolute Gasteiger partial charge is 0.393 e. The first-order valence-corrected chi connectivity index (χ1v) is 5.89. The second kappa shape index (κ2) is 5.16. The van der Waals surface area contributed by atoms with Gasteiger partial charge in [-0.2, -0.15) is 0 Å². The second-order valence-electron chi connectivity index (χ2n) is 4.33. The molecule has 4 nitrogen and oxygen atoms in total. The molecule has 1 aliphatic carbocycles. The van der Waals surface area contributed by atoms with Crippen molar-refractivity contribution in [1.82, 2.24) is 4.98 Å². The smallest absolute Gasteiger partial charge is 0.127 e. The fourth-order valence-electron chi connectivity index (χ4n) is 1.95. The molecule has 0 atom stereocenters. The van der Waals surface area contributed by atoms with Crippen LogP contribution in [0.2, 0.25) is 0 Å². The summed E-state index contributed by atoms with van der Waals surface area (Å²) in [4.78, 5) is 4.21. The highest BCUT2D eigenvalue weighted by Crippen LogP contribution is 2.27. The summed E-state index contributed by atoms with van der Waals surface area (Å²) in [6, 6.07) is 3.98. The van der Waals surface area contributed by atoms with Crippen molar-refractivity contribution in [2.24, 2.45) is 5.92 Å². The van der Waals surface area contributed by atoms with E-state index >= 15 is 0 Å². The van der Waals surface area contributed by atoms with Gasteiger partial charge in [0.05, 0.1) is 6.10 Å². The van der Waals surface area contributed by atoms with Crippen LogP contribution in [0.3, 0.4) is 0 Å². The highest BCUT2D eigenvalue weighted by molar-refractivity contribution is 5.51. The van der Waals surface area contributed by atoms with Crippen molar-refractivity contribution >= 4 is 11.5 Å². The van der Waals surface area contributed by atoms with Crippen molar-refractivity contribution < 1.29 is 5.11 Å². The molecule has 1 aliphatic rings. The van der Waals surface area contributed by atoms with Crippen LogP contribution < -0.4 is 10.6 Å². The van der Waals surface area contributed by atoms with Crippen molar-refractivity contribution in [2.45, 2.75) is 25.9 Å². The van der Waals surface area contributed by atoms with Gasteiger partial charge < -0.3 is 15.7 Å². The minimum absolute atomic E-state index is 0.0680. The number of nitrogens with zero attached hydrogens (tertiary/aromatic N) is 1. The molecule has 1 aromatic rings. The maximum absolute atomic E-state index is 9.18. The van der Waals surface area contributed by atoms with E-state index in [2.05, 4.69) is 22.5 Å². The van der Waals surface area contributed by atoms with Crippen LogP contribution >= 0.6 is 0 Å². The van der Waals surface area contributed by atoms with Gasteiger partial charge in [-0.15, -0.1) is 0 Å². The van der Waals surface area contributed by atoms with Crippen molar-refractivity contribution in [3.63, 3.8) is 0 Å². The molecule has 0 unspecified atom stereocenters. The Morgan fingerprint density at radius 1 is 1.44 bits per heavy atom. The fourth-order valence-corrected chi connectivity index (χ4v) is 1.95. The van der Waals surface area contributed by atoms with E-state index in [1.807, 2.05) is 12.1 Å². The molecule has 88 valence electrons. The first-order chi connectivity index (χ1) is 7.78. The Morgan fingerprint density at radius 3 is 2.94 bits per heavy atom. The monoisotopic (exact) mass is 221 g/mol. The van der Waals surface area contributed by atoms with Gasteiger partial charge in [-0.25, -0.2) is 4.98 Å². The topological polar surface area (TPSA) is 57.2 Å². The molecule has 1 fully saturated rings. The molecule has 0 saturated heterocycles.